The quantitative estimate of drug-likeness (QED) is 0.598. The summed E-state index contributed by atoms with van der Waals surface area (Å²) in [4.78, 5) is 22.4. The van der Waals surface area contributed by atoms with Gasteiger partial charge in [0.2, 0.25) is 11.7 Å². The molecule has 3 aromatic rings. The van der Waals surface area contributed by atoms with Gasteiger partial charge in [0.15, 0.2) is 0 Å². The number of hydrogen-bond acceptors (Lipinski definition) is 7. The van der Waals surface area contributed by atoms with Gasteiger partial charge in [0.05, 0.1) is 11.4 Å². The molecule has 7 nitrogen and oxygen atoms in total. The molecule has 1 aliphatic heterocycles. The van der Waals surface area contributed by atoms with Gasteiger partial charge in [0, 0.05) is 54.6 Å². The van der Waals surface area contributed by atoms with Gasteiger partial charge in [-0.1, -0.05) is 23.4 Å². The Morgan fingerprint density at radius 3 is 2.76 bits per heavy atom. The van der Waals surface area contributed by atoms with Gasteiger partial charge in [-0.05, 0) is 29.1 Å². The Morgan fingerprint density at radius 1 is 1.21 bits per heavy atom. The van der Waals surface area contributed by atoms with Crippen molar-refractivity contribution in [2.75, 3.05) is 32.4 Å². The third-order valence-corrected chi connectivity index (χ3v) is 6.38. The maximum Gasteiger partial charge on any atom is 0.253 e. The van der Waals surface area contributed by atoms with Crippen molar-refractivity contribution in [3.8, 4) is 10.7 Å². The number of benzene rings is 1. The Bertz CT molecular complexity index is 995. The molecule has 4 rings (SSSR count). The lowest BCUT2D eigenvalue weighted by atomic mass is 10.1. The van der Waals surface area contributed by atoms with Crippen LogP contribution in [0.5, 0.6) is 0 Å². The smallest absolute Gasteiger partial charge is 0.253 e. The molecule has 0 aliphatic carbocycles. The summed E-state index contributed by atoms with van der Waals surface area (Å²) in [5, 5.41) is 6.03. The Hall–Kier alpha value is -2.36. The van der Waals surface area contributed by atoms with E-state index in [-0.39, 0.29) is 5.91 Å². The number of piperazine rings is 1. The summed E-state index contributed by atoms with van der Waals surface area (Å²) in [6.07, 6.45) is 1.67. The van der Waals surface area contributed by atoms with Crippen LogP contribution >= 0.6 is 11.3 Å². The zero-order chi connectivity index (χ0) is 20.2. The highest BCUT2D eigenvalue weighted by molar-refractivity contribution is 7.83. The number of carbonyl (C=O) groups excluding carboxylic acids is 1. The number of amides is 1. The normalized spacial score (nSPS) is 16.1. The van der Waals surface area contributed by atoms with Crippen LogP contribution in [0.2, 0.25) is 0 Å². The van der Waals surface area contributed by atoms with E-state index in [2.05, 4.69) is 15.0 Å². The van der Waals surface area contributed by atoms with E-state index in [1.807, 2.05) is 46.7 Å². The monoisotopic (exact) mass is 430 g/mol. The predicted octanol–water partition coefficient (Wildman–Crippen LogP) is 2.63. The van der Waals surface area contributed by atoms with Crippen molar-refractivity contribution in [3.05, 3.63) is 58.8 Å². The van der Waals surface area contributed by atoms with Gasteiger partial charge in [0.1, 0.15) is 0 Å². The Labute approximate surface area is 175 Å². The van der Waals surface area contributed by atoms with Crippen LogP contribution in [-0.4, -0.2) is 62.5 Å². The van der Waals surface area contributed by atoms with Gasteiger partial charge in [0.25, 0.3) is 5.91 Å². The van der Waals surface area contributed by atoms with Crippen LogP contribution in [0.1, 0.15) is 21.8 Å². The highest BCUT2D eigenvalue weighted by atomic mass is 32.2. The fraction of sp³-hybridized carbons (Fsp3) is 0.350. The molecule has 9 heteroatoms. The average Bonchev–Trinajstić information content (AvgIpc) is 3.39. The zero-order valence-electron chi connectivity index (χ0n) is 16.1. The lowest BCUT2D eigenvalue weighted by Crippen LogP contribution is -2.48. The molecule has 0 radical (unpaired) electrons. The predicted molar refractivity (Wildman–Crippen MR) is 113 cm³/mol. The van der Waals surface area contributed by atoms with Crippen molar-refractivity contribution in [1.82, 2.24) is 19.9 Å². The van der Waals surface area contributed by atoms with Crippen LogP contribution in [0, 0.1) is 0 Å². The summed E-state index contributed by atoms with van der Waals surface area (Å²) in [5.74, 6) is 1.70. The fourth-order valence-electron chi connectivity index (χ4n) is 3.34. The summed E-state index contributed by atoms with van der Waals surface area (Å²) in [5.41, 5.74) is 1.58. The minimum Gasteiger partial charge on any atom is -0.338 e. The second-order valence-corrected chi connectivity index (χ2v) is 9.36. The molecular weight excluding hydrogens is 408 g/mol. The summed E-state index contributed by atoms with van der Waals surface area (Å²) >= 11 is 1.58. The highest BCUT2D eigenvalue weighted by Gasteiger charge is 2.23. The van der Waals surface area contributed by atoms with Crippen LogP contribution in [0.4, 0.5) is 0 Å². The number of rotatable bonds is 6. The lowest BCUT2D eigenvalue weighted by Gasteiger charge is -2.34. The molecule has 1 aromatic carbocycles. The molecule has 152 valence electrons. The minimum atomic E-state index is -0.926. The first kappa shape index (κ1) is 19.9. The third-order valence-electron chi connectivity index (χ3n) is 4.77. The number of nitrogens with zero attached hydrogens (tertiary/aromatic N) is 4. The first-order valence-electron chi connectivity index (χ1n) is 9.35. The van der Waals surface area contributed by atoms with Gasteiger partial charge >= 0.3 is 0 Å². The van der Waals surface area contributed by atoms with Gasteiger partial charge in [-0.15, -0.1) is 11.3 Å². The van der Waals surface area contributed by atoms with Crippen LogP contribution in [0.3, 0.4) is 0 Å². The average molecular weight is 431 g/mol. The molecule has 0 spiro atoms. The molecule has 1 unspecified atom stereocenters. The molecule has 1 aliphatic rings. The van der Waals surface area contributed by atoms with E-state index in [0.29, 0.717) is 42.7 Å². The van der Waals surface area contributed by atoms with Crippen molar-refractivity contribution in [2.45, 2.75) is 12.3 Å². The molecule has 29 heavy (non-hydrogen) atoms. The third kappa shape index (κ3) is 4.98. The minimum absolute atomic E-state index is 0.0196. The maximum absolute atomic E-state index is 12.8. The van der Waals surface area contributed by atoms with Crippen LogP contribution in [-0.2, 0) is 23.1 Å². The molecule has 0 N–H and O–H groups in total. The highest BCUT2D eigenvalue weighted by Crippen LogP contribution is 2.22. The maximum atomic E-state index is 12.8. The van der Waals surface area contributed by atoms with Crippen molar-refractivity contribution < 1.29 is 13.5 Å². The van der Waals surface area contributed by atoms with Gasteiger partial charge in [-0.25, -0.2) is 0 Å². The Kier molecular flexibility index (Phi) is 6.17. The zero-order valence-corrected chi connectivity index (χ0v) is 17.7. The van der Waals surface area contributed by atoms with E-state index in [9.17, 15) is 9.00 Å². The van der Waals surface area contributed by atoms with Crippen molar-refractivity contribution >= 4 is 28.0 Å². The molecule has 1 fully saturated rings. The first-order chi connectivity index (χ1) is 14.1. The molecule has 1 amide bonds. The Balaban J connectivity index is 1.32. The molecule has 2 aromatic heterocycles. The molecule has 1 saturated heterocycles. The van der Waals surface area contributed by atoms with E-state index < -0.39 is 10.8 Å². The van der Waals surface area contributed by atoms with Crippen molar-refractivity contribution in [2.24, 2.45) is 0 Å². The summed E-state index contributed by atoms with van der Waals surface area (Å²) in [6, 6.07) is 11.4. The second kappa shape index (κ2) is 8.98. The topological polar surface area (TPSA) is 79.5 Å². The molecule has 0 bridgehead atoms. The van der Waals surface area contributed by atoms with Crippen LogP contribution < -0.4 is 0 Å². The van der Waals surface area contributed by atoms with E-state index in [1.165, 1.54) is 0 Å². The SMILES string of the molecule is CS(=O)Cc1cccc(C(=O)N2CCN(Cc3nc(-c4cccs4)no3)CC2)c1. The fourth-order valence-corrected chi connectivity index (χ4v) is 4.63. The summed E-state index contributed by atoms with van der Waals surface area (Å²) in [6.45, 7) is 3.38. The van der Waals surface area contributed by atoms with Crippen molar-refractivity contribution in [1.29, 1.82) is 0 Å². The number of thiophene rings is 1. The Morgan fingerprint density at radius 2 is 2.03 bits per heavy atom. The molecular formula is C20H22N4O3S2. The largest absolute Gasteiger partial charge is 0.338 e. The standard InChI is InChI=1S/C20H22N4O3S2/c1-29(26)14-15-4-2-5-16(12-15)20(25)24-9-7-23(8-10-24)13-18-21-19(22-27-18)17-6-3-11-28-17/h2-6,11-12H,7-10,13-14H2,1H3. The first-order valence-corrected chi connectivity index (χ1v) is 12.0. The van der Waals surface area contributed by atoms with Crippen molar-refractivity contribution in [3.63, 3.8) is 0 Å². The number of carbonyl (C=O) groups is 1. The van der Waals surface area contributed by atoms with Crippen LogP contribution in [0.15, 0.2) is 46.3 Å². The summed E-state index contributed by atoms with van der Waals surface area (Å²) in [7, 11) is -0.926. The van der Waals surface area contributed by atoms with E-state index in [0.717, 1.165) is 23.5 Å². The van der Waals surface area contributed by atoms with Gasteiger partial charge < -0.3 is 9.42 Å². The molecule has 1 atom stereocenters. The number of hydrogen-bond donors (Lipinski definition) is 0. The molecule has 0 saturated carbocycles. The second-order valence-electron chi connectivity index (χ2n) is 6.98. The van der Waals surface area contributed by atoms with Gasteiger partial charge in [-0.3, -0.25) is 13.9 Å². The lowest BCUT2D eigenvalue weighted by molar-refractivity contribution is 0.0615. The van der Waals surface area contributed by atoms with Crippen LogP contribution in [0.25, 0.3) is 10.7 Å². The van der Waals surface area contributed by atoms with Gasteiger partial charge in [-0.2, -0.15) is 4.98 Å². The van der Waals surface area contributed by atoms with E-state index >= 15 is 0 Å². The van der Waals surface area contributed by atoms with E-state index in [4.69, 9.17) is 4.52 Å². The number of aromatic nitrogens is 2. The summed E-state index contributed by atoms with van der Waals surface area (Å²) < 4.78 is 16.8. The molecule has 3 heterocycles. The van der Waals surface area contributed by atoms with E-state index in [1.54, 1.807) is 17.6 Å².